The van der Waals surface area contributed by atoms with E-state index in [4.69, 9.17) is 10.5 Å². The number of hydrogen-bond acceptors (Lipinski definition) is 7. The van der Waals surface area contributed by atoms with Crippen molar-refractivity contribution in [2.24, 2.45) is 0 Å². The summed E-state index contributed by atoms with van der Waals surface area (Å²) in [6.07, 6.45) is 7.93. The van der Waals surface area contributed by atoms with Gasteiger partial charge in [-0.2, -0.15) is 0 Å². The first-order valence-corrected chi connectivity index (χ1v) is 8.06. The number of ether oxygens (including phenoxy) is 1. The van der Waals surface area contributed by atoms with E-state index in [0.29, 0.717) is 23.5 Å². The van der Waals surface area contributed by atoms with Gasteiger partial charge in [-0.15, -0.1) is 10.2 Å². The summed E-state index contributed by atoms with van der Waals surface area (Å²) in [5.74, 6) is 3.32. The zero-order valence-corrected chi connectivity index (χ0v) is 13.2. The van der Waals surface area contributed by atoms with Gasteiger partial charge in [0.15, 0.2) is 11.6 Å². The normalized spacial score (nSPS) is 19.1. The SMILES string of the molecule is COc1c(N)ncnc1N1CCC(c2nncn2C2CC2)CC1. The largest absolute Gasteiger partial charge is 0.490 e. The molecule has 23 heavy (non-hydrogen) atoms. The predicted octanol–water partition coefficient (Wildman–Crippen LogP) is 1.38. The number of piperidine rings is 1. The molecule has 0 unspecified atom stereocenters. The first-order valence-electron chi connectivity index (χ1n) is 8.06. The van der Waals surface area contributed by atoms with Crippen LogP contribution in [0.15, 0.2) is 12.7 Å². The fourth-order valence-corrected chi connectivity index (χ4v) is 3.33. The highest BCUT2D eigenvalue weighted by molar-refractivity contribution is 5.62. The highest BCUT2D eigenvalue weighted by Crippen LogP contribution is 2.39. The average molecular weight is 315 g/mol. The van der Waals surface area contributed by atoms with Crippen molar-refractivity contribution in [1.82, 2.24) is 24.7 Å². The summed E-state index contributed by atoms with van der Waals surface area (Å²) >= 11 is 0. The third kappa shape index (κ3) is 2.58. The predicted molar refractivity (Wildman–Crippen MR) is 85.5 cm³/mol. The molecule has 0 spiro atoms. The topological polar surface area (TPSA) is 95.0 Å². The molecule has 0 radical (unpaired) electrons. The number of aromatic nitrogens is 5. The van der Waals surface area contributed by atoms with Crippen LogP contribution in [-0.2, 0) is 0 Å². The van der Waals surface area contributed by atoms with E-state index in [1.807, 2.05) is 6.33 Å². The highest BCUT2D eigenvalue weighted by Gasteiger charge is 2.31. The van der Waals surface area contributed by atoms with E-state index in [1.54, 1.807) is 7.11 Å². The van der Waals surface area contributed by atoms with Crippen molar-refractivity contribution in [3.05, 3.63) is 18.5 Å². The quantitative estimate of drug-likeness (QED) is 0.910. The fraction of sp³-hybridized carbons (Fsp3) is 0.600. The molecule has 0 amide bonds. The van der Waals surface area contributed by atoms with Crippen LogP contribution < -0.4 is 15.4 Å². The number of hydrogen-bond donors (Lipinski definition) is 1. The fourth-order valence-electron chi connectivity index (χ4n) is 3.33. The van der Waals surface area contributed by atoms with Crippen molar-refractivity contribution in [2.75, 3.05) is 30.8 Å². The summed E-state index contributed by atoms with van der Waals surface area (Å²) in [6, 6.07) is 0.625. The second-order valence-electron chi connectivity index (χ2n) is 6.20. The Morgan fingerprint density at radius 2 is 1.96 bits per heavy atom. The van der Waals surface area contributed by atoms with Crippen LogP contribution in [0.1, 0.15) is 43.5 Å². The van der Waals surface area contributed by atoms with Crippen molar-refractivity contribution < 1.29 is 4.74 Å². The Hall–Kier alpha value is -2.38. The third-order valence-electron chi connectivity index (χ3n) is 4.72. The summed E-state index contributed by atoms with van der Waals surface area (Å²) in [5, 5.41) is 8.49. The molecule has 2 N–H and O–H groups in total. The molecule has 0 bridgehead atoms. The number of anilines is 2. The standard InChI is InChI=1S/C15H21N7O/c1-23-12-13(16)17-8-18-15(12)21-6-4-10(5-7-21)14-20-19-9-22(14)11-2-3-11/h8-11H,2-7H2,1H3,(H2,16,17,18). The van der Waals surface area contributed by atoms with Crippen molar-refractivity contribution in [2.45, 2.75) is 37.6 Å². The highest BCUT2D eigenvalue weighted by atomic mass is 16.5. The van der Waals surface area contributed by atoms with Gasteiger partial charge in [0.2, 0.25) is 5.75 Å². The summed E-state index contributed by atoms with van der Waals surface area (Å²) in [7, 11) is 1.60. The molecule has 4 rings (SSSR count). The van der Waals surface area contributed by atoms with Crippen LogP contribution in [0.5, 0.6) is 5.75 Å². The molecule has 1 aliphatic carbocycles. The van der Waals surface area contributed by atoms with E-state index in [1.165, 1.54) is 19.2 Å². The summed E-state index contributed by atoms with van der Waals surface area (Å²) in [5.41, 5.74) is 5.88. The molecular weight excluding hydrogens is 294 g/mol. The van der Waals surface area contributed by atoms with E-state index < -0.39 is 0 Å². The smallest absolute Gasteiger partial charge is 0.204 e. The lowest BCUT2D eigenvalue weighted by molar-refractivity contribution is 0.406. The van der Waals surface area contributed by atoms with Crippen LogP contribution in [0.2, 0.25) is 0 Å². The second-order valence-corrected chi connectivity index (χ2v) is 6.20. The van der Waals surface area contributed by atoms with E-state index in [-0.39, 0.29) is 0 Å². The lowest BCUT2D eigenvalue weighted by atomic mass is 9.96. The van der Waals surface area contributed by atoms with E-state index in [0.717, 1.165) is 37.6 Å². The number of methoxy groups -OCH3 is 1. The molecule has 8 nitrogen and oxygen atoms in total. The molecule has 0 atom stereocenters. The zero-order chi connectivity index (χ0) is 15.8. The molecule has 2 aromatic rings. The first kappa shape index (κ1) is 14.2. The molecule has 2 aliphatic rings. The molecule has 122 valence electrons. The Bertz CT molecular complexity index is 689. The van der Waals surface area contributed by atoms with Crippen LogP contribution in [0.3, 0.4) is 0 Å². The van der Waals surface area contributed by atoms with Gasteiger partial charge in [-0.1, -0.05) is 0 Å². The van der Waals surface area contributed by atoms with Crippen LogP contribution in [0.25, 0.3) is 0 Å². The molecule has 2 aromatic heterocycles. The summed E-state index contributed by atoms with van der Waals surface area (Å²) < 4.78 is 7.64. The maximum Gasteiger partial charge on any atom is 0.204 e. The maximum absolute atomic E-state index is 5.88. The molecule has 0 aromatic carbocycles. The second kappa shape index (κ2) is 5.68. The van der Waals surface area contributed by atoms with Crippen molar-refractivity contribution in [3.8, 4) is 5.75 Å². The lowest BCUT2D eigenvalue weighted by Gasteiger charge is -2.33. The van der Waals surface area contributed by atoms with Gasteiger partial charge in [0, 0.05) is 25.0 Å². The van der Waals surface area contributed by atoms with Gasteiger partial charge < -0.3 is 19.9 Å². The minimum absolute atomic E-state index is 0.382. The Balaban J connectivity index is 1.49. The van der Waals surface area contributed by atoms with Crippen molar-refractivity contribution in [3.63, 3.8) is 0 Å². The molecular formula is C15H21N7O. The number of rotatable bonds is 4. The minimum atomic E-state index is 0.382. The van der Waals surface area contributed by atoms with Crippen LogP contribution in [-0.4, -0.2) is 44.9 Å². The lowest BCUT2D eigenvalue weighted by Crippen LogP contribution is -2.34. The van der Waals surface area contributed by atoms with E-state index >= 15 is 0 Å². The van der Waals surface area contributed by atoms with Gasteiger partial charge in [-0.3, -0.25) is 0 Å². The van der Waals surface area contributed by atoms with Gasteiger partial charge in [0.05, 0.1) is 7.11 Å². The van der Waals surface area contributed by atoms with Crippen LogP contribution >= 0.6 is 0 Å². The van der Waals surface area contributed by atoms with E-state index in [2.05, 4.69) is 29.6 Å². The Kier molecular flexibility index (Phi) is 3.51. The number of nitrogens with zero attached hydrogens (tertiary/aromatic N) is 6. The van der Waals surface area contributed by atoms with Gasteiger partial charge in [-0.05, 0) is 25.7 Å². The van der Waals surface area contributed by atoms with E-state index in [9.17, 15) is 0 Å². The summed E-state index contributed by atoms with van der Waals surface area (Å²) in [4.78, 5) is 10.6. The maximum atomic E-state index is 5.88. The van der Waals surface area contributed by atoms with Gasteiger partial charge in [0.1, 0.15) is 18.5 Å². The summed E-state index contributed by atoms with van der Waals surface area (Å²) in [6.45, 7) is 1.80. The van der Waals surface area contributed by atoms with Crippen LogP contribution in [0.4, 0.5) is 11.6 Å². The third-order valence-corrected chi connectivity index (χ3v) is 4.72. The van der Waals surface area contributed by atoms with Crippen LogP contribution in [0, 0.1) is 0 Å². The Morgan fingerprint density at radius 1 is 1.17 bits per heavy atom. The monoisotopic (exact) mass is 315 g/mol. The van der Waals surface area contributed by atoms with Gasteiger partial charge >= 0.3 is 0 Å². The van der Waals surface area contributed by atoms with Crippen molar-refractivity contribution >= 4 is 11.6 Å². The van der Waals surface area contributed by atoms with Crippen molar-refractivity contribution in [1.29, 1.82) is 0 Å². The molecule has 1 saturated heterocycles. The molecule has 3 heterocycles. The molecule has 8 heteroatoms. The first-order chi connectivity index (χ1) is 11.3. The van der Waals surface area contributed by atoms with Gasteiger partial charge in [0.25, 0.3) is 0 Å². The Morgan fingerprint density at radius 3 is 2.65 bits per heavy atom. The average Bonchev–Trinajstić information content (AvgIpc) is 3.31. The molecule has 1 saturated carbocycles. The molecule has 1 aliphatic heterocycles. The zero-order valence-electron chi connectivity index (χ0n) is 13.2. The minimum Gasteiger partial charge on any atom is -0.490 e. The Labute approximate surface area is 134 Å². The number of nitrogen functional groups attached to an aromatic ring is 1. The van der Waals surface area contributed by atoms with Gasteiger partial charge in [-0.25, -0.2) is 9.97 Å². The number of nitrogens with two attached hydrogens (primary N) is 1. The molecule has 2 fully saturated rings.